The van der Waals surface area contributed by atoms with E-state index in [1.807, 2.05) is 12.1 Å². The summed E-state index contributed by atoms with van der Waals surface area (Å²) in [6.45, 7) is 3.55. The minimum absolute atomic E-state index is 0.0984. The number of halogens is 1. The molecule has 2 aliphatic heterocycles. The van der Waals surface area contributed by atoms with Crippen molar-refractivity contribution in [3.8, 4) is 5.75 Å². The van der Waals surface area contributed by atoms with Gasteiger partial charge in [-0.1, -0.05) is 23.7 Å². The highest BCUT2D eigenvalue weighted by Gasteiger charge is 2.27. The normalized spacial score (nSPS) is 24.6. The van der Waals surface area contributed by atoms with Gasteiger partial charge in [0.25, 0.3) is 0 Å². The van der Waals surface area contributed by atoms with Crippen molar-refractivity contribution >= 4 is 17.5 Å². The summed E-state index contributed by atoms with van der Waals surface area (Å²) >= 11 is 6.15. The molecule has 1 aromatic rings. The summed E-state index contributed by atoms with van der Waals surface area (Å²) in [6, 6.07) is 5.49. The molecule has 3 rings (SSSR count). The molecule has 0 saturated carbocycles. The van der Waals surface area contributed by atoms with Crippen molar-refractivity contribution < 1.29 is 19.0 Å². The minimum Gasteiger partial charge on any atom is -0.492 e. The number of para-hydroxylation sites is 1. The highest BCUT2D eigenvalue weighted by atomic mass is 35.5. The van der Waals surface area contributed by atoms with Crippen molar-refractivity contribution in [1.82, 2.24) is 5.32 Å². The largest absolute Gasteiger partial charge is 0.492 e. The van der Waals surface area contributed by atoms with Crippen LogP contribution in [0.15, 0.2) is 18.2 Å². The molecule has 1 saturated heterocycles. The lowest BCUT2D eigenvalue weighted by Gasteiger charge is -2.28. The van der Waals surface area contributed by atoms with Crippen LogP contribution in [0.3, 0.4) is 0 Å². The van der Waals surface area contributed by atoms with Gasteiger partial charge in [0.05, 0.1) is 30.4 Å². The number of ether oxygens (including phenoxy) is 3. The molecule has 2 aliphatic rings. The summed E-state index contributed by atoms with van der Waals surface area (Å²) in [4.78, 5) is 12.4. The first-order chi connectivity index (χ1) is 11.1. The van der Waals surface area contributed by atoms with E-state index in [1.54, 1.807) is 13.0 Å². The fourth-order valence-corrected chi connectivity index (χ4v) is 3.17. The quantitative estimate of drug-likeness (QED) is 0.896. The van der Waals surface area contributed by atoms with Gasteiger partial charge in [-0.05, 0) is 25.8 Å². The highest BCUT2D eigenvalue weighted by Crippen LogP contribution is 2.37. The van der Waals surface area contributed by atoms with Crippen LogP contribution in [0.2, 0.25) is 5.02 Å². The molecule has 0 aliphatic carbocycles. The molecule has 0 aromatic heterocycles. The third-order valence-electron chi connectivity index (χ3n) is 4.27. The number of amides is 1. The molecular weight excluding hydrogens is 318 g/mol. The summed E-state index contributed by atoms with van der Waals surface area (Å²) in [5.41, 5.74) is 0.920. The molecule has 1 fully saturated rings. The van der Waals surface area contributed by atoms with E-state index < -0.39 is 6.10 Å². The average molecular weight is 340 g/mol. The van der Waals surface area contributed by atoms with Gasteiger partial charge < -0.3 is 19.5 Å². The SMILES string of the molecule is C[C@H](OC[C@H]1CCCO1)C(=O)N[C@@H]1CCOc2c(Cl)cccc21. The van der Waals surface area contributed by atoms with Crippen LogP contribution in [0.4, 0.5) is 0 Å². The molecule has 0 spiro atoms. The van der Waals surface area contributed by atoms with Crippen LogP contribution in [-0.2, 0) is 14.3 Å². The molecule has 126 valence electrons. The van der Waals surface area contributed by atoms with Crippen molar-refractivity contribution in [2.24, 2.45) is 0 Å². The van der Waals surface area contributed by atoms with Crippen molar-refractivity contribution in [3.05, 3.63) is 28.8 Å². The van der Waals surface area contributed by atoms with E-state index in [0.717, 1.165) is 31.4 Å². The first-order valence-electron chi connectivity index (χ1n) is 8.10. The van der Waals surface area contributed by atoms with E-state index in [9.17, 15) is 4.79 Å². The number of hydrogen-bond donors (Lipinski definition) is 1. The van der Waals surface area contributed by atoms with Gasteiger partial charge in [-0.25, -0.2) is 0 Å². The van der Waals surface area contributed by atoms with Crippen molar-refractivity contribution in [3.63, 3.8) is 0 Å². The first-order valence-corrected chi connectivity index (χ1v) is 8.47. The summed E-state index contributed by atoms with van der Waals surface area (Å²) in [5.74, 6) is 0.541. The molecule has 3 atom stereocenters. The lowest BCUT2D eigenvalue weighted by Crippen LogP contribution is -2.39. The second kappa shape index (κ2) is 7.51. The molecule has 0 radical (unpaired) electrons. The standard InChI is InChI=1S/C17H22ClNO4/c1-11(23-10-12-4-3-8-21-12)17(20)19-15-7-9-22-16-13(15)5-2-6-14(16)18/h2,5-6,11-12,15H,3-4,7-10H2,1H3,(H,19,20)/t11-,12+,15+/m0/s1. The van der Waals surface area contributed by atoms with Crippen molar-refractivity contribution in [1.29, 1.82) is 0 Å². The molecule has 1 aromatic carbocycles. The Kier molecular flexibility index (Phi) is 5.41. The second-order valence-corrected chi connectivity index (χ2v) is 6.37. The molecule has 1 amide bonds. The Morgan fingerprint density at radius 2 is 2.30 bits per heavy atom. The first kappa shape index (κ1) is 16.6. The monoisotopic (exact) mass is 339 g/mol. The maximum Gasteiger partial charge on any atom is 0.249 e. The molecular formula is C17H22ClNO4. The van der Waals surface area contributed by atoms with Crippen LogP contribution in [0.5, 0.6) is 5.75 Å². The van der Waals surface area contributed by atoms with Crippen LogP contribution < -0.4 is 10.1 Å². The summed E-state index contributed by atoms with van der Waals surface area (Å²) < 4.78 is 16.8. The summed E-state index contributed by atoms with van der Waals surface area (Å²) in [6.07, 6.45) is 2.39. The Balaban J connectivity index is 1.56. The predicted molar refractivity (Wildman–Crippen MR) is 86.8 cm³/mol. The van der Waals surface area contributed by atoms with E-state index in [0.29, 0.717) is 24.0 Å². The van der Waals surface area contributed by atoms with Gasteiger partial charge in [-0.2, -0.15) is 0 Å². The number of carbonyl (C=O) groups is 1. The Labute approximate surface area is 141 Å². The van der Waals surface area contributed by atoms with Crippen LogP contribution >= 0.6 is 11.6 Å². The molecule has 6 heteroatoms. The lowest BCUT2D eigenvalue weighted by atomic mass is 10.0. The number of rotatable bonds is 5. The van der Waals surface area contributed by atoms with Gasteiger partial charge in [-0.3, -0.25) is 4.79 Å². The maximum atomic E-state index is 12.4. The Morgan fingerprint density at radius 3 is 3.09 bits per heavy atom. The lowest BCUT2D eigenvalue weighted by molar-refractivity contribution is -0.134. The summed E-state index contributed by atoms with van der Waals surface area (Å²) in [5, 5.41) is 3.61. The number of hydrogen-bond acceptors (Lipinski definition) is 4. The van der Waals surface area contributed by atoms with E-state index in [1.165, 1.54) is 0 Å². The number of fused-ring (bicyclic) bond motifs is 1. The molecule has 23 heavy (non-hydrogen) atoms. The van der Waals surface area contributed by atoms with Crippen molar-refractivity contribution in [2.75, 3.05) is 19.8 Å². The van der Waals surface area contributed by atoms with Gasteiger partial charge >= 0.3 is 0 Å². The van der Waals surface area contributed by atoms with E-state index in [2.05, 4.69) is 5.32 Å². The van der Waals surface area contributed by atoms with Gasteiger partial charge in [0, 0.05) is 18.6 Å². The molecule has 2 heterocycles. The zero-order valence-electron chi connectivity index (χ0n) is 13.2. The van der Waals surface area contributed by atoms with Crippen LogP contribution in [-0.4, -0.2) is 37.9 Å². The van der Waals surface area contributed by atoms with Crippen LogP contribution in [0, 0.1) is 0 Å². The Hall–Kier alpha value is -1.30. The van der Waals surface area contributed by atoms with Gasteiger partial charge in [0.15, 0.2) is 0 Å². The summed E-state index contributed by atoms with van der Waals surface area (Å²) in [7, 11) is 0. The molecule has 0 unspecified atom stereocenters. The second-order valence-electron chi connectivity index (χ2n) is 5.97. The third-order valence-corrected chi connectivity index (χ3v) is 4.57. The zero-order valence-corrected chi connectivity index (χ0v) is 14.0. The minimum atomic E-state index is -0.510. The molecule has 5 nitrogen and oxygen atoms in total. The maximum absolute atomic E-state index is 12.4. The predicted octanol–water partition coefficient (Wildman–Crippen LogP) is 2.86. The van der Waals surface area contributed by atoms with Gasteiger partial charge in [0.1, 0.15) is 11.9 Å². The number of benzene rings is 1. The highest BCUT2D eigenvalue weighted by molar-refractivity contribution is 6.32. The fraction of sp³-hybridized carbons (Fsp3) is 0.588. The van der Waals surface area contributed by atoms with E-state index in [4.69, 9.17) is 25.8 Å². The van der Waals surface area contributed by atoms with Crippen molar-refractivity contribution in [2.45, 2.75) is 44.4 Å². The Bertz CT molecular complexity index is 560. The van der Waals surface area contributed by atoms with Gasteiger partial charge in [0.2, 0.25) is 5.91 Å². The molecule has 0 bridgehead atoms. The van der Waals surface area contributed by atoms with Crippen LogP contribution in [0.1, 0.15) is 37.8 Å². The Morgan fingerprint density at radius 1 is 1.43 bits per heavy atom. The third kappa shape index (κ3) is 3.97. The smallest absolute Gasteiger partial charge is 0.249 e. The topological polar surface area (TPSA) is 56.8 Å². The average Bonchev–Trinajstić information content (AvgIpc) is 3.07. The van der Waals surface area contributed by atoms with E-state index >= 15 is 0 Å². The molecule has 1 N–H and O–H groups in total. The fourth-order valence-electron chi connectivity index (χ4n) is 2.93. The van der Waals surface area contributed by atoms with E-state index in [-0.39, 0.29) is 18.1 Å². The number of carbonyl (C=O) groups excluding carboxylic acids is 1. The van der Waals surface area contributed by atoms with Crippen LogP contribution in [0.25, 0.3) is 0 Å². The zero-order chi connectivity index (χ0) is 16.2. The van der Waals surface area contributed by atoms with Gasteiger partial charge in [-0.15, -0.1) is 0 Å². The number of nitrogens with one attached hydrogen (secondary N) is 1.